The van der Waals surface area contributed by atoms with Crippen molar-refractivity contribution in [1.82, 2.24) is 4.90 Å². The van der Waals surface area contributed by atoms with Gasteiger partial charge in [0, 0.05) is 25.6 Å². The van der Waals surface area contributed by atoms with Crippen molar-refractivity contribution >= 4 is 21.8 Å². The largest absolute Gasteiger partial charge is 0.458 e. The van der Waals surface area contributed by atoms with E-state index in [1.807, 2.05) is 0 Å². The molecule has 0 radical (unpaired) electrons. The molecule has 5 heteroatoms. The summed E-state index contributed by atoms with van der Waals surface area (Å²) >= 11 is 3.23. The number of aliphatic hydroxyl groups excluding tert-OH is 1. The molecule has 0 atom stereocenters. The first-order chi connectivity index (χ1) is 6.72. The van der Waals surface area contributed by atoms with E-state index in [1.54, 1.807) is 11.0 Å². The molecule has 0 unspecified atom stereocenters. The topological polar surface area (TPSA) is 53.7 Å². The number of carbonyl (C=O) groups is 1. The van der Waals surface area contributed by atoms with E-state index in [4.69, 9.17) is 9.52 Å². The first-order valence-corrected chi connectivity index (χ1v) is 5.14. The molecule has 2 heterocycles. The summed E-state index contributed by atoms with van der Waals surface area (Å²) in [4.78, 5) is 13.3. The number of hydrogen-bond acceptors (Lipinski definition) is 3. The Balaban J connectivity index is 2.01. The molecule has 0 aliphatic carbocycles. The summed E-state index contributed by atoms with van der Waals surface area (Å²) in [5, 5.41) is 8.80. The van der Waals surface area contributed by atoms with Crippen LogP contribution >= 0.6 is 15.9 Å². The molecule has 0 saturated carbocycles. The fraction of sp³-hybridized carbons (Fsp3) is 0.444. The van der Waals surface area contributed by atoms with Crippen LogP contribution in [0.5, 0.6) is 0 Å². The maximum atomic E-state index is 11.7. The van der Waals surface area contributed by atoms with Gasteiger partial charge in [0.15, 0.2) is 0 Å². The van der Waals surface area contributed by atoms with Crippen LogP contribution in [0.2, 0.25) is 0 Å². The lowest BCUT2D eigenvalue weighted by molar-refractivity contribution is 0.0333. The van der Waals surface area contributed by atoms with Gasteiger partial charge >= 0.3 is 0 Å². The van der Waals surface area contributed by atoms with Crippen molar-refractivity contribution in [1.29, 1.82) is 0 Å². The number of nitrogens with zero attached hydrogens (tertiary/aromatic N) is 1. The predicted molar refractivity (Wildman–Crippen MR) is 52.9 cm³/mol. The van der Waals surface area contributed by atoms with E-state index in [9.17, 15) is 4.79 Å². The van der Waals surface area contributed by atoms with Crippen molar-refractivity contribution in [3.63, 3.8) is 0 Å². The van der Waals surface area contributed by atoms with Gasteiger partial charge in [0.05, 0.1) is 10.7 Å². The fourth-order valence-corrected chi connectivity index (χ4v) is 1.81. The number of amides is 1. The highest BCUT2D eigenvalue weighted by molar-refractivity contribution is 9.10. The monoisotopic (exact) mass is 259 g/mol. The van der Waals surface area contributed by atoms with E-state index in [-0.39, 0.29) is 18.4 Å². The number of likely N-dealkylation sites (tertiary alicyclic amines) is 1. The molecule has 1 fully saturated rings. The zero-order valence-corrected chi connectivity index (χ0v) is 9.03. The predicted octanol–water partition coefficient (Wildman–Crippen LogP) is 1.11. The summed E-state index contributed by atoms with van der Waals surface area (Å²) in [5.74, 6) is 0.445. The minimum absolute atomic E-state index is 0.119. The van der Waals surface area contributed by atoms with Crippen LogP contribution in [-0.4, -0.2) is 35.6 Å². The van der Waals surface area contributed by atoms with Gasteiger partial charge in [-0.3, -0.25) is 4.79 Å². The highest BCUT2D eigenvalue weighted by Crippen LogP contribution is 2.23. The Bertz CT molecular complexity index is 344. The number of halogens is 1. The molecule has 1 aromatic rings. The summed E-state index contributed by atoms with van der Waals surface area (Å²) in [6.07, 6.45) is 1.47. The Kier molecular flexibility index (Phi) is 2.60. The molecule has 14 heavy (non-hydrogen) atoms. The smallest absolute Gasteiger partial charge is 0.290 e. The summed E-state index contributed by atoms with van der Waals surface area (Å²) in [7, 11) is 0. The van der Waals surface area contributed by atoms with Crippen molar-refractivity contribution in [2.24, 2.45) is 5.92 Å². The van der Waals surface area contributed by atoms with Gasteiger partial charge in [0.2, 0.25) is 5.76 Å². The van der Waals surface area contributed by atoms with E-state index in [0.717, 1.165) is 0 Å². The zero-order chi connectivity index (χ0) is 10.1. The van der Waals surface area contributed by atoms with Gasteiger partial charge in [-0.2, -0.15) is 0 Å². The second-order valence-electron chi connectivity index (χ2n) is 3.36. The molecule has 1 amide bonds. The summed E-state index contributed by atoms with van der Waals surface area (Å²) < 4.78 is 5.73. The highest BCUT2D eigenvalue weighted by Gasteiger charge is 2.32. The van der Waals surface area contributed by atoms with Gasteiger partial charge in [-0.1, -0.05) is 0 Å². The SMILES string of the molecule is O=C(c1occc1Br)N1CC(CO)C1. The molecule has 1 aliphatic rings. The molecule has 0 aromatic carbocycles. The van der Waals surface area contributed by atoms with Gasteiger partial charge < -0.3 is 14.4 Å². The van der Waals surface area contributed by atoms with Crippen LogP contribution in [0.3, 0.4) is 0 Å². The molecular weight excluding hydrogens is 250 g/mol. The maximum absolute atomic E-state index is 11.7. The third-order valence-electron chi connectivity index (χ3n) is 2.31. The van der Waals surface area contributed by atoms with Crippen LogP contribution in [0.4, 0.5) is 0 Å². The Labute approximate surface area is 89.6 Å². The van der Waals surface area contributed by atoms with E-state index in [0.29, 0.717) is 23.3 Å². The first kappa shape index (κ1) is 9.73. The molecule has 1 aliphatic heterocycles. The molecule has 0 bridgehead atoms. The average Bonchev–Trinajstić information content (AvgIpc) is 2.49. The standard InChI is InChI=1S/C9H10BrNO3/c10-7-1-2-14-8(7)9(13)11-3-6(4-11)5-12/h1-2,6,12H,3-5H2. The number of hydrogen-bond donors (Lipinski definition) is 1. The molecule has 1 aromatic heterocycles. The van der Waals surface area contributed by atoms with Crippen molar-refractivity contribution in [3.05, 3.63) is 22.6 Å². The Morgan fingerprint density at radius 3 is 2.93 bits per heavy atom. The normalized spacial score (nSPS) is 16.9. The lowest BCUT2D eigenvalue weighted by Crippen LogP contribution is -2.51. The zero-order valence-electron chi connectivity index (χ0n) is 7.44. The van der Waals surface area contributed by atoms with Crippen LogP contribution < -0.4 is 0 Å². The van der Waals surface area contributed by atoms with Crippen molar-refractivity contribution < 1.29 is 14.3 Å². The number of carbonyl (C=O) groups excluding carboxylic acids is 1. The summed E-state index contributed by atoms with van der Waals surface area (Å²) in [5.41, 5.74) is 0. The lowest BCUT2D eigenvalue weighted by atomic mass is 10.0. The maximum Gasteiger partial charge on any atom is 0.290 e. The number of rotatable bonds is 2. The highest BCUT2D eigenvalue weighted by atomic mass is 79.9. The minimum Gasteiger partial charge on any atom is -0.458 e. The molecular formula is C9H10BrNO3. The number of aliphatic hydroxyl groups is 1. The average molecular weight is 260 g/mol. The quantitative estimate of drug-likeness (QED) is 0.866. The number of furan rings is 1. The summed E-state index contributed by atoms with van der Waals surface area (Å²) in [6, 6.07) is 1.69. The first-order valence-electron chi connectivity index (χ1n) is 4.35. The van der Waals surface area contributed by atoms with E-state index in [1.165, 1.54) is 6.26 Å². The molecule has 1 saturated heterocycles. The Morgan fingerprint density at radius 1 is 1.71 bits per heavy atom. The van der Waals surface area contributed by atoms with Crippen LogP contribution in [-0.2, 0) is 0 Å². The molecule has 76 valence electrons. The van der Waals surface area contributed by atoms with Gasteiger partial charge in [-0.25, -0.2) is 0 Å². The molecule has 0 spiro atoms. The second-order valence-corrected chi connectivity index (χ2v) is 4.21. The van der Waals surface area contributed by atoms with Crippen molar-refractivity contribution in [2.45, 2.75) is 0 Å². The van der Waals surface area contributed by atoms with Gasteiger partial charge in [0.1, 0.15) is 0 Å². The third kappa shape index (κ3) is 1.57. The van der Waals surface area contributed by atoms with Crippen LogP contribution in [0.1, 0.15) is 10.6 Å². The van der Waals surface area contributed by atoms with Gasteiger partial charge in [-0.05, 0) is 22.0 Å². The van der Waals surface area contributed by atoms with Gasteiger partial charge in [-0.15, -0.1) is 0 Å². The van der Waals surface area contributed by atoms with E-state index in [2.05, 4.69) is 15.9 Å². The van der Waals surface area contributed by atoms with Crippen molar-refractivity contribution in [2.75, 3.05) is 19.7 Å². The Morgan fingerprint density at radius 2 is 2.43 bits per heavy atom. The fourth-order valence-electron chi connectivity index (χ4n) is 1.44. The lowest BCUT2D eigenvalue weighted by Gasteiger charge is -2.37. The molecule has 1 N–H and O–H groups in total. The van der Waals surface area contributed by atoms with Crippen LogP contribution in [0, 0.1) is 5.92 Å². The third-order valence-corrected chi connectivity index (χ3v) is 2.94. The second kappa shape index (κ2) is 3.74. The van der Waals surface area contributed by atoms with E-state index < -0.39 is 0 Å². The van der Waals surface area contributed by atoms with Gasteiger partial charge in [0.25, 0.3) is 5.91 Å². The van der Waals surface area contributed by atoms with Crippen LogP contribution in [0.25, 0.3) is 0 Å². The summed E-state index contributed by atoms with van der Waals surface area (Å²) in [6.45, 7) is 1.37. The minimum atomic E-state index is -0.119. The molecule has 2 rings (SSSR count). The van der Waals surface area contributed by atoms with E-state index >= 15 is 0 Å². The molecule has 4 nitrogen and oxygen atoms in total. The Hall–Kier alpha value is -0.810. The van der Waals surface area contributed by atoms with Crippen molar-refractivity contribution in [3.8, 4) is 0 Å². The van der Waals surface area contributed by atoms with Crippen LogP contribution in [0.15, 0.2) is 21.2 Å².